The number of hydrogen-bond acceptors (Lipinski definition) is 5. The number of carbonyl (C=O) groups is 1. The van der Waals surface area contributed by atoms with Crippen LogP contribution >= 0.6 is 0 Å². The Hall–Kier alpha value is -2.11. The SMILES string of the molecule is Cc1cc(-c2nnc(NC(=O)CCC3CCCC3)o2)c(C)o1. The van der Waals surface area contributed by atoms with E-state index in [1.54, 1.807) is 0 Å². The van der Waals surface area contributed by atoms with E-state index in [9.17, 15) is 4.79 Å². The fourth-order valence-corrected chi connectivity index (χ4v) is 3.04. The highest BCUT2D eigenvalue weighted by Crippen LogP contribution is 2.29. The zero-order valence-corrected chi connectivity index (χ0v) is 13.0. The summed E-state index contributed by atoms with van der Waals surface area (Å²) in [6.07, 6.45) is 6.53. The molecule has 0 aromatic carbocycles. The summed E-state index contributed by atoms with van der Waals surface area (Å²) < 4.78 is 10.9. The highest BCUT2D eigenvalue weighted by molar-refractivity contribution is 5.88. The molecule has 3 rings (SSSR count). The molecule has 22 heavy (non-hydrogen) atoms. The lowest BCUT2D eigenvalue weighted by Crippen LogP contribution is -2.12. The van der Waals surface area contributed by atoms with Gasteiger partial charge < -0.3 is 8.83 Å². The molecule has 0 bridgehead atoms. The monoisotopic (exact) mass is 303 g/mol. The van der Waals surface area contributed by atoms with Crippen molar-refractivity contribution in [3.8, 4) is 11.5 Å². The van der Waals surface area contributed by atoms with E-state index in [2.05, 4.69) is 15.5 Å². The Labute approximate surface area is 129 Å². The molecule has 118 valence electrons. The molecule has 0 atom stereocenters. The Morgan fingerprint density at radius 1 is 1.27 bits per heavy atom. The van der Waals surface area contributed by atoms with Gasteiger partial charge in [0.1, 0.15) is 11.5 Å². The van der Waals surface area contributed by atoms with Crippen LogP contribution in [0.5, 0.6) is 0 Å². The largest absolute Gasteiger partial charge is 0.466 e. The van der Waals surface area contributed by atoms with E-state index in [0.29, 0.717) is 18.2 Å². The molecule has 0 unspecified atom stereocenters. The average molecular weight is 303 g/mol. The molecule has 1 aliphatic carbocycles. The Morgan fingerprint density at radius 2 is 2.05 bits per heavy atom. The third-order valence-electron chi connectivity index (χ3n) is 4.20. The predicted octanol–water partition coefficient (Wildman–Crippen LogP) is 3.86. The second-order valence-electron chi connectivity index (χ2n) is 5.98. The number of rotatable bonds is 5. The van der Waals surface area contributed by atoms with Crippen molar-refractivity contribution in [1.82, 2.24) is 10.2 Å². The highest BCUT2D eigenvalue weighted by Gasteiger charge is 2.18. The van der Waals surface area contributed by atoms with Gasteiger partial charge in [0.05, 0.1) is 5.56 Å². The van der Waals surface area contributed by atoms with Crippen molar-refractivity contribution in [3.05, 3.63) is 17.6 Å². The predicted molar refractivity (Wildman–Crippen MR) is 81.3 cm³/mol. The van der Waals surface area contributed by atoms with Gasteiger partial charge in [0.15, 0.2) is 0 Å². The van der Waals surface area contributed by atoms with E-state index in [1.165, 1.54) is 25.7 Å². The third-order valence-corrected chi connectivity index (χ3v) is 4.20. The maximum Gasteiger partial charge on any atom is 0.322 e. The standard InChI is InChI=1S/C16H21N3O3/c1-10-9-13(11(2)21-10)15-18-19-16(22-15)17-14(20)8-7-12-5-3-4-6-12/h9,12H,3-8H2,1-2H3,(H,17,19,20). The number of carbonyl (C=O) groups excluding carboxylic acids is 1. The van der Waals surface area contributed by atoms with E-state index in [1.807, 2.05) is 19.9 Å². The quantitative estimate of drug-likeness (QED) is 0.907. The molecule has 6 heteroatoms. The molecule has 1 amide bonds. The van der Waals surface area contributed by atoms with Gasteiger partial charge in [0.25, 0.3) is 5.89 Å². The molecule has 0 spiro atoms. The first-order valence-corrected chi connectivity index (χ1v) is 7.82. The normalized spacial score (nSPS) is 15.4. The smallest absolute Gasteiger partial charge is 0.322 e. The molecule has 1 aliphatic rings. The van der Waals surface area contributed by atoms with Crippen LogP contribution in [0, 0.1) is 19.8 Å². The van der Waals surface area contributed by atoms with Gasteiger partial charge in [-0.3, -0.25) is 10.1 Å². The van der Waals surface area contributed by atoms with Crippen molar-refractivity contribution < 1.29 is 13.6 Å². The van der Waals surface area contributed by atoms with Gasteiger partial charge in [-0.2, -0.15) is 0 Å². The van der Waals surface area contributed by atoms with Crippen molar-refractivity contribution >= 4 is 11.9 Å². The zero-order chi connectivity index (χ0) is 15.5. The van der Waals surface area contributed by atoms with E-state index in [0.717, 1.165) is 23.5 Å². The van der Waals surface area contributed by atoms with Crippen LogP contribution in [-0.4, -0.2) is 16.1 Å². The van der Waals surface area contributed by atoms with E-state index >= 15 is 0 Å². The minimum Gasteiger partial charge on any atom is -0.466 e. The van der Waals surface area contributed by atoms with Crippen LogP contribution in [0.1, 0.15) is 50.0 Å². The van der Waals surface area contributed by atoms with Crippen LogP contribution in [0.2, 0.25) is 0 Å². The van der Waals surface area contributed by atoms with Crippen LogP contribution in [0.15, 0.2) is 14.9 Å². The number of anilines is 1. The number of furan rings is 1. The molecule has 2 aromatic rings. The van der Waals surface area contributed by atoms with Gasteiger partial charge in [0.2, 0.25) is 5.91 Å². The van der Waals surface area contributed by atoms with E-state index in [-0.39, 0.29) is 11.9 Å². The topological polar surface area (TPSA) is 81.2 Å². The first-order valence-electron chi connectivity index (χ1n) is 7.82. The lowest BCUT2D eigenvalue weighted by atomic mass is 10.0. The number of amides is 1. The van der Waals surface area contributed by atoms with Gasteiger partial charge in [-0.15, -0.1) is 5.10 Å². The zero-order valence-electron chi connectivity index (χ0n) is 13.0. The lowest BCUT2D eigenvalue weighted by molar-refractivity contribution is -0.116. The molecule has 2 aromatic heterocycles. The average Bonchev–Trinajstić information content (AvgIpc) is 3.18. The third kappa shape index (κ3) is 3.37. The fraction of sp³-hybridized carbons (Fsp3) is 0.562. The Kier molecular flexibility index (Phi) is 4.27. The van der Waals surface area contributed by atoms with Crippen LogP contribution in [0.3, 0.4) is 0 Å². The number of hydrogen-bond donors (Lipinski definition) is 1. The number of aryl methyl sites for hydroxylation is 2. The molecule has 6 nitrogen and oxygen atoms in total. The molecule has 1 N–H and O–H groups in total. The lowest BCUT2D eigenvalue weighted by Gasteiger charge is -2.06. The van der Waals surface area contributed by atoms with Crippen LogP contribution in [0.25, 0.3) is 11.5 Å². The fourth-order valence-electron chi connectivity index (χ4n) is 3.04. The summed E-state index contributed by atoms with van der Waals surface area (Å²) in [5, 5.41) is 10.5. The summed E-state index contributed by atoms with van der Waals surface area (Å²) in [6.45, 7) is 3.70. The van der Waals surface area contributed by atoms with Crippen molar-refractivity contribution in [3.63, 3.8) is 0 Å². The number of aromatic nitrogens is 2. The van der Waals surface area contributed by atoms with Gasteiger partial charge in [0, 0.05) is 6.42 Å². The first-order chi connectivity index (χ1) is 10.6. The Balaban J connectivity index is 1.57. The minimum absolute atomic E-state index is 0.0674. The number of nitrogens with zero attached hydrogens (tertiary/aromatic N) is 2. The summed E-state index contributed by atoms with van der Waals surface area (Å²) in [6, 6.07) is 1.99. The summed E-state index contributed by atoms with van der Waals surface area (Å²) in [7, 11) is 0. The molecule has 1 fully saturated rings. The van der Waals surface area contributed by atoms with Crippen molar-refractivity contribution in [2.45, 2.75) is 52.4 Å². The molecule has 0 saturated heterocycles. The maximum absolute atomic E-state index is 11.9. The molecule has 0 aliphatic heterocycles. The van der Waals surface area contributed by atoms with E-state index in [4.69, 9.17) is 8.83 Å². The van der Waals surface area contributed by atoms with Crippen molar-refractivity contribution in [2.24, 2.45) is 5.92 Å². The van der Waals surface area contributed by atoms with E-state index < -0.39 is 0 Å². The van der Waals surface area contributed by atoms with Crippen molar-refractivity contribution in [1.29, 1.82) is 0 Å². The Bertz CT molecular complexity index is 653. The molecule has 1 saturated carbocycles. The highest BCUT2D eigenvalue weighted by atomic mass is 16.4. The van der Waals surface area contributed by atoms with Gasteiger partial charge >= 0.3 is 6.01 Å². The second kappa shape index (κ2) is 6.34. The summed E-state index contributed by atoms with van der Waals surface area (Å²) in [4.78, 5) is 11.9. The summed E-state index contributed by atoms with van der Waals surface area (Å²) in [5.74, 6) is 2.50. The second-order valence-corrected chi connectivity index (χ2v) is 5.98. The van der Waals surface area contributed by atoms with Crippen LogP contribution < -0.4 is 5.32 Å². The molecule has 0 radical (unpaired) electrons. The molecule has 2 heterocycles. The van der Waals surface area contributed by atoms with Crippen LogP contribution in [-0.2, 0) is 4.79 Å². The molecular weight excluding hydrogens is 282 g/mol. The Morgan fingerprint density at radius 3 is 2.73 bits per heavy atom. The van der Waals surface area contributed by atoms with Gasteiger partial charge in [-0.1, -0.05) is 30.8 Å². The maximum atomic E-state index is 11.9. The summed E-state index contributed by atoms with van der Waals surface area (Å²) >= 11 is 0. The first kappa shape index (κ1) is 14.8. The summed E-state index contributed by atoms with van der Waals surface area (Å²) in [5.41, 5.74) is 0.761. The minimum atomic E-state index is -0.0674. The van der Waals surface area contributed by atoms with Gasteiger partial charge in [-0.05, 0) is 32.3 Å². The molecular formula is C16H21N3O3. The van der Waals surface area contributed by atoms with Crippen LogP contribution in [0.4, 0.5) is 6.01 Å². The van der Waals surface area contributed by atoms with Gasteiger partial charge in [-0.25, -0.2) is 0 Å². The number of nitrogens with one attached hydrogen (secondary N) is 1. The van der Waals surface area contributed by atoms with Crippen molar-refractivity contribution in [2.75, 3.05) is 5.32 Å².